The van der Waals surface area contributed by atoms with Gasteiger partial charge in [0, 0.05) is 44.1 Å². The first-order valence-electron chi connectivity index (χ1n) is 25.7. The van der Waals surface area contributed by atoms with Crippen molar-refractivity contribution in [1.29, 1.82) is 0 Å². The van der Waals surface area contributed by atoms with Crippen LogP contribution in [0, 0.1) is 0 Å². The lowest BCUT2D eigenvalue weighted by Gasteiger charge is -2.44. The normalized spacial score (nSPS) is 14.9. The molecule has 1 spiro atoms. The second-order valence-corrected chi connectivity index (χ2v) is 25.3. The van der Waals surface area contributed by atoms with E-state index in [0.29, 0.717) is 0 Å². The van der Waals surface area contributed by atoms with E-state index in [9.17, 15) is 0 Å². The Bertz CT molecular complexity index is 3910. The highest BCUT2D eigenvalue weighted by molar-refractivity contribution is 7.00. The molecule has 0 radical (unpaired) electrons. The van der Waals surface area contributed by atoms with Crippen LogP contribution < -0.4 is 16.4 Å². The van der Waals surface area contributed by atoms with Crippen LogP contribution in [0.15, 0.2) is 152 Å². The number of benzene rings is 8. The molecule has 0 unspecified atom stereocenters. The average molecular weight is 905 g/mol. The summed E-state index contributed by atoms with van der Waals surface area (Å²) in [6.07, 6.45) is 0. The summed E-state index contributed by atoms with van der Waals surface area (Å²) in [6.45, 7) is 28.3. The molecule has 1 aliphatic carbocycles. The van der Waals surface area contributed by atoms with Crippen molar-refractivity contribution in [1.82, 2.24) is 9.13 Å². The molecule has 5 heterocycles. The molecule has 0 saturated carbocycles. The third kappa shape index (κ3) is 5.21. The summed E-state index contributed by atoms with van der Waals surface area (Å²) in [5.74, 6) is 0. The number of hydrogen-bond donors (Lipinski definition) is 0. The Morgan fingerprint density at radius 1 is 0.386 bits per heavy atom. The molecule has 0 saturated heterocycles. The topological polar surface area (TPSA) is 9.86 Å². The first-order valence-corrected chi connectivity index (χ1v) is 25.7. The Morgan fingerprint density at radius 3 is 1.50 bits per heavy atom. The van der Waals surface area contributed by atoms with Crippen molar-refractivity contribution >= 4 is 55.8 Å². The van der Waals surface area contributed by atoms with E-state index in [-0.39, 0.29) is 28.4 Å². The summed E-state index contributed by atoms with van der Waals surface area (Å²) in [6, 6.07) is 60.4. The molecule has 4 aliphatic rings. The van der Waals surface area contributed by atoms with Gasteiger partial charge in [-0.05, 0) is 123 Å². The van der Waals surface area contributed by atoms with E-state index < -0.39 is 5.41 Å². The van der Waals surface area contributed by atoms with Gasteiger partial charge < -0.3 is 9.13 Å². The second kappa shape index (κ2) is 13.3. The summed E-state index contributed by atoms with van der Waals surface area (Å²) in [7, 11) is 0. The van der Waals surface area contributed by atoms with Gasteiger partial charge in [-0.25, -0.2) is 0 Å². The van der Waals surface area contributed by atoms with Crippen LogP contribution in [0.25, 0.3) is 77.6 Å². The lowest BCUT2D eigenvalue weighted by molar-refractivity contribution is 0.588. The number of hydrogen-bond acceptors (Lipinski definition) is 0. The average Bonchev–Trinajstić information content (AvgIpc) is 3.95. The van der Waals surface area contributed by atoms with Gasteiger partial charge in [0.2, 0.25) is 0 Å². The van der Waals surface area contributed by atoms with Crippen molar-refractivity contribution in [2.45, 2.75) is 110 Å². The monoisotopic (exact) mass is 904 g/mol. The first kappa shape index (κ1) is 42.1. The maximum atomic E-state index is 2.77. The maximum Gasteiger partial charge on any atom is 0.252 e. The molecule has 8 aromatic carbocycles. The SMILES string of the molecule is CC(C)(C)c1ccc(-c2c(-c3ccc(C(C)(C)C)cc3)n3c4c(cccc24)B2c4c-3ccc3c4-n4c5c2cc(C(C)(C)C)cc5c2cc(C(C)(C)C)cc(c24)C32c3ccccc3-c3ccccc32)cc1. The molecule has 3 aliphatic heterocycles. The minimum absolute atomic E-state index is 0.0115. The maximum absolute atomic E-state index is 2.77. The molecule has 70 heavy (non-hydrogen) atoms. The van der Waals surface area contributed by atoms with Crippen molar-refractivity contribution in [2.75, 3.05) is 0 Å². The highest BCUT2D eigenvalue weighted by atomic mass is 15.1. The van der Waals surface area contributed by atoms with Gasteiger partial charge in [0.1, 0.15) is 0 Å². The molecule has 342 valence electrons. The molecule has 2 aromatic heterocycles. The molecule has 3 heteroatoms. The minimum Gasteiger partial charge on any atom is -0.310 e. The summed E-state index contributed by atoms with van der Waals surface area (Å²) < 4.78 is 5.47. The number of fused-ring (bicyclic) bond motifs is 11. The van der Waals surface area contributed by atoms with Crippen molar-refractivity contribution in [3.63, 3.8) is 0 Å². The fourth-order valence-corrected chi connectivity index (χ4v) is 13.6. The van der Waals surface area contributed by atoms with Gasteiger partial charge in [0.25, 0.3) is 6.71 Å². The fraction of sp³-hybridized carbons (Fsp3) is 0.254. The van der Waals surface area contributed by atoms with Crippen LogP contribution in [0.2, 0.25) is 0 Å². The molecule has 0 bridgehead atoms. The Kier molecular flexibility index (Phi) is 8.00. The number of nitrogens with zero attached hydrogens (tertiary/aromatic N) is 2. The van der Waals surface area contributed by atoms with Crippen LogP contribution in [-0.2, 0) is 27.1 Å². The molecule has 0 amide bonds. The number of aromatic nitrogens is 2. The molecule has 10 aromatic rings. The molecular weight excluding hydrogens is 844 g/mol. The number of para-hydroxylation sites is 1. The molecule has 0 atom stereocenters. The van der Waals surface area contributed by atoms with Crippen LogP contribution in [0.1, 0.15) is 128 Å². The molecule has 0 N–H and O–H groups in total. The zero-order valence-corrected chi connectivity index (χ0v) is 42.9. The van der Waals surface area contributed by atoms with Gasteiger partial charge in [-0.2, -0.15) is 0 Å². The summed E-state index contributed by atoms with van der Waals surface area (Å²) >= 11 is 0. The van der Waals surface area contributed by atoms with Crippen LogP contribution in [-0.4, -0.2) is 15.8 Å². The van der Waals surface area contributed by atoms with Crippen LogP contribution in [0.4, 0.5) is 0 Å². The van der Waals surface area contributed by atoms with Gasteiger partial charge in [0.15, 0.2) is 0 Å². The zero-order valence-electron chi connectivity index (χ0n) is 42.9. The third-order valence-electron chi connectivity index (χ3n) is 17.1. The minimum atomic E-state index is -0.537. The Morgan fingerprint density at radius 2 is 0.914 bits per heavy atom. The summed E-state index contributed by atoms with van der Waals surface area (Å²) in [5, 5.41) is 4.04. The van der Waals surface area contributed by atoms with Gasteiger partial charge in [-0.1, -0.05) is 217 Å². The molecule has 2 nitrogen and oxygen atoms in total. The third-order valence-corrected chi connectivity index (χ3v) is 17.1. The summed E-state index contributed by atoms with van der Waals surface area (Å²) in [5.41, 5.74) is 29.0. The van der Waals surface area contributed by atoms with Gasteiger partial charge in [-0.15, -0.1) is 0 Å². The predicted molar refractivity (Wildman–Crippen MR) is 299 cm³/mol. The van der Waals surface area contributed by atoms with E-state index >= 15 is 0 Å². The molecular formula is C67H61BN2. The first-order chi connectivity index (χ1) is 33.3. The van der Waals surface area contributed by atoms with Crippen molar-refractivity contribution < 1.29 is 0 Å². The second-order valence-electron chi connectivity index (χ2n) is 25.3. The lowest BCUT2D eigenvalue weighted by atomic mass is 9.33. The van der Waals surface area contributed by atoms with Crippen LogP contribution in [0.3, 0.4) is 0 Å². The van der Waals surface area contributed by atoms with Crippen molar-refractivity contribution in [2.24, 2.45) is 0 Å². The lowest BCUT2D eigenvalue weighted by Crippen LogP contribution is -2.60. The highest BCUT2D eigenvalue weighted by Gasteiger charge is 2.55. The van der Waals surface area contributed by atoms with Crippen LogP contribution in [0.5, 0.6) is 0 Å². The van der Waals surface area contributed by atoms with E-state index in [1.807, 2.05) is 0 Å². The zero-order chi connectivity index (χ0) is 48.3. The fourth-order valence-electron chi connectivity index (χ4n) is 13.6. The largest absolute Gasteiger partial charge is 0.310 e. The highest BCUT2D eigenvalue weighted by Crippen LogP contribution is 2.62. The van der Waals surface area contributed by atoms with Gasteiger partial charge >= 0.3 is 0 Å². The van der Waals surface area contributed by atoms with E-state index in [1.165, 1.54) is 138 Å². The van der Waals surface area contributed by atoms with Gasteiger partial charge in [0.05, 0.1) is 16.6 Å². The van der Waals surface area contributed by atoms with E-state index in [1.54, 1.807) is 0 Å². The Hall–Kier alpha value is -6.84. The Labute approximate surface area is 414 Å². The molecule has 14 rings (SSSR count). The van der Waals surface area contributed by atoms with E-state index in [0.717, 1.165) is 0 Å². The van der Waals surface area contributed by atoms with Crippen molar-refractivity contribution in [3.05, 3.63) is 196 Å². The summed E-state index contributed by atoms with van der Waals surface area (Å²) in [4.78, 5) is 0. The van der Waals surface area contributed by atoms with Gasteiger partial charge in [-0.3, -0.25) is 0 Å². The van der Waals surface area contributed by atoms with Crippen molar-refractivity contribution in [3.8, 4) is 44.9 Å². The standard InChI is InChI=1S/C67H61BN2/c1-63(2,3)40-28-24-38(25-29-40)56-46-20-17-23-53-60(46)69(58(56)39-26-30-41(31-27-39)64(4,5)6)55-33-32-51-62-57(55)68(53)54-37-43(66(10,11)12)35-48-47-34-42(65(7,8)9)36-52(59(47)70(62)61(48)54)67(51)49-21-15-13-18-44(49)45-19-14-16-22-50(45)67/h13-37H,1-12H3. The predicted octanol–water partition coefficient (Wildman–Crippen LogP) is 15.1. The van der Waals surface area contributed by atoms with Crippen LogP contribution >= 0.6 is 0 Å². The van der Waals surface area contributed by atoms with E-state index in [4.69, 9.17) is 0 Å². The number of rotatable bonds is 2. The smallest absolute Gasteiger partial charge is 0.252 e. The van der Waals surface area contributed by atoms with E-state index in [2.05, 4.69) is 244 Å². The molecule has 0 fully saturated rings. The Balaban J connectivity index is 1.20. The quantitative estimate of drug-likeness (QED) is 0.153.